The van der Waals surface area contributed by atoms with Gasteiger partial charge in [0, 0.05) is 30.1 Å². The van der Waals surface area contributed by atoms with E-state index < -0.39 is 0 Å². The van der Waals surface area contributed by atoms with Gasteiger partial charge < -0.3 is 11.1 Å². The topological polar surface area (TPSA) is 72.2 Å². The van der Waals surface area contributed by atoms with Crippen LogP contribution < -0.4 is 11.1 Å². The van der Waals surface area contributed by atoms with E-state index in [1.165, 1.54) is 19.3 Å². The Balaban J connectivity index is 1.40. The number of Topliss-reactive ketones (excluding diaryl/α,β-unsaturated/α-hetero) is 1. The second-order valence-electron chi connectivity index (χ2n) is 6.28. The highest BCUT2D eigenvalue weighted by molar-refractivity contribution is 5.98. The third kappa shape index (κ3) is 3.38. The van der Waals surface area contributed by atoms with Crippen LogP contribution in [0.5, 0.6) is 0 Å². The average molecular weight is 298 g/mol. The monoisotopic (exact) mass is 298 g/mol. The Hall–Kier alpha value is -2.10. The zero-order chi connectivity index (χ0) is 15.5. The number of carbonyl (C=O) groups excluding carboxylic acids is 2. The number of nitrogen functional groups attached to an aromatic ring is 1. The maximum atomic E-state index is 12.0. The number of ketones is 1. The normalized spacial score (nSPS) is 20.1. The minimum Gasteiger partial charge on any atom is -0.399 e. The maximum absolute atomic E-state index is 12.0. The summed E-state index contributed by atoms with van der Waals surface area (Å²) in [6, 6.07) is 7.17. The van der Waals surface area contributed by atoms with Crippen LogP contribution in [0.3, 0.4) is 0 Å². The quantitative estimate of drug-likeness (QED) is 0.498. The van der Waals surface area contributed by atoms with Crippen molar-refractivity contribution in [1.82, 2.24) is 5.32 Å². The van der Waals surface area contributed by atoms with Crippen LogP contribution in [0.4, 0.5) is 5.69 Å². The van der Waals surface area contributed by atoms with Gasteiger partial charge in [-0.05, 0) is 44.2 Å². The van der Waals surface area contributed by atoms with E-state index in [2.05, 4.69) is 5.32 Å². The number of hydrogen-bond donors (Lipinski definition) is 2. The van der Waals surface area contributed by atoms with E-state index in [1.54, 1.807) is 35.4 Å². The van der Waals surface area contributed by atoms with Gasteiger partial charge in [-0.2, -0.15) is 0 Å². The molecule has 0 spiro atoms. The number of rotatable bonds is 5. The largest absolute Gasteiger partial charge is 0.399 e. The first-order valence-corrected chi connectivity index (χ1v) is 7.99. The number of carbonyl (C=O) groups is 2. The lowest BCUT2D eigenvalue weighted by Crippen LogP contribution is -2.41. The Morgan fingerprint density at radius 3 is 2.55 bits per heavy atom. The lowest BCUT2D eigenvalue weighted by atomic mass is 9.76. The van der Waals surface area contributed by atoms with Crippen LogP contribution in [-0.4, -0.2) is 17.7 Å². The third-order valence-electron chi connectivity index (χ3n) is 4.60. The molecule has 0 aliphatic heterocycles. The van der Waals surface area contributed by atoms with Crippen LogP contribution in [0.2, 0.25) is 0 Å². The van der Waals surface area contributed by atoms with Crippen molar-refractivity contribution >= 4 is 17.4 Å². The predicted molar refractivity (Wildman–Crippen MR) is 86.5 cm³/mol. The van der Waals surface area contributed by atoms with Gasteiger partial charge >= 0.3 is 0 Å². The molecule has 3 N–H and O–H groups in total. The van der Waals surface area contributed by atoms with E-state index in [9.17, 15) is 9.59 Å². The van der Waals surface area contributed by atoms with Gasteiger partial charge in [0.25, 0.3) is 0 Å². The molecule has 116 valence electrons. The zero-order valence-electron chi connectivity index (χ0n) is 12.7. The van der Waals surface area contributed by atoms with Gasteiger partial charge in [-0.3, -0.25) is 9.59 Å². The number of hydrogen-bond acceptors (Lipinski definition) is 3. The van der Waals surface area contributed by atoms with E-state index in [-0.39, 0.29) is 30.6 Å². The first kappa shape index (κ1) is 14.8. The fraction of sp³-hybridized carbons (Fsp3) is 0.444. The number of allylic oxidation sites excluding steroid dienone is 1. The standard InChI is InChI=1S/C18H22N2O2/c19-15-6-2-5-13(9-15)17(21)7-8-18(22)20-16-10-14(11-16)12-3-1-4-12/h2,5-6,9,16H,1,3-4,7-8,10-11,19H2,(H,20,22). The molecule has 0 atom stereocenters. The summed E-state index contributed by atoms with van der Waals surface area (Å²) in [6.45, 7) is 0. The summed E-state index contributed by atoms with van der Waals surface area (Å²) >= 11 is 0. The molecule has 0 radical (unpaired) electrons. The molecule has 1 aromatic rings. The number of nitrogens with one attached hydrogen (secondary N) is 1. The molecule has 2 aliphatic carbocycles. The van der Waals surface area contributed by atoms with Crippen molar-refractivity contribution in [3.63, 3.8) is 0 Å². The predicted octanol–water partition coefficient (Wildman–Crippen LogP) is 2.99. The van der Waals surface area contributed by atoms with Crippen LogP contribution >= 0.6 is 0 Å². The van der Waals surface area contributed by atoms with Crippen LogP contribution in [0.25, 0.3) is 0 Å². The summed E-state index contributed by atoms with van der Waals surface area (Å²) in [5, 5.41) is 3.02. The van der Waals surface area contributed by atoms with Crippen LogP contribution in [0, 0.1) is 0 Å². The molecule has 4 heteroatoms. The molecule has 1 aromatic carbocycles. The third-order valence-corrected chi connectivity index (χ3v) is 4.60. The molecule has 0 bridgehead atoms. The molecule has 0 saturated heterocycles. The second-order valence-corrected chi connectivity index (χ2v) is 6.28. The highest BCUT2D eigenvalue weighted by atomic mass is 16.2. The fourth-order valence-electron chi connectivity index (χ4n) is 3.02. The molecule has 3 rings (SSSR count). The fourth-order valence-corrected chi connectivity index (χ4v) is 3.02. The molecule has 2 aliphatic rings. The first-order chi connectivity index (χ1) is 10.6. The molecule has 4 nitrogen and oxygen atoms in total. The highest BCUT2D eigenvalue weighted by Crippen LogP contribution is 2.38. The highest BCUT2D eigenvalue weighted by Gasteiger charge is 2.28. The van der Waals surface area contributed by atoms with Gasteiger partial charge in [0.1, 0.15) is 0 Å². The van der Waals surface area contributed by atoms with Crippen LogP contribution in [0.15, 0.2) is 35.4 Å². The van der Waals surface area contributed by atoms with Gasteiger partial charge in [-0.15, -0.1) is 0 Å². The van der Waals surface area contributed by atoms with Gasteiger partial charge in [-0.1, -0.05) is 23.3 Å². The Kier molecular flexibility index (Phi) is 4.27. The molecule has 22 heavy (non-hydrogen) atoms. The summed E-state index contributed by atoms with van der Waals surface area (Å²) < 4.78 is 0. The van der Waals surface area contributed by atoms with E-state index >= 15 is 0 Å². The van der Waals surface area contributed by atoms with Crippen molar-refractivity contribution in [1.29, 1.82) is 0 Å². The van der Waals surface area contributed by atoms with Crippen LogP contribution in [-0.2, 0) is 4.79 Å². The maximum Gasteiger partial charge on any atom is 0.220 e. The summed E-state index contributed by atoms with van der Waals surface area (Å²) in [7, 11) is 0. The molecule has 0 aromatic heterocycles. The SMILES string of the molecule is Nc1cccc(C(=O)CCC(=O)NC2CC(=C3CCC3)C2)c1. The van der Waals surface area contributed by atoms with E-state index in [0.29, 0.717) is 11.3 Å². The van der Waals surface area contributed by atoms with Gasteiger partial charge in [0.05, 0.1) is 0 Å². The molecule has 2 fully saturated rings. The Bertz CT molecular complexity index is 620. The van der Waals surface area contributed by atoms with Gasteiger partial charge in [0.2, 0.25) is 5.91 Å². The Labute approximate surface area is 130 Å². The van der Waals surface area contributed by atoms with Crippen molar-refractivity contribution in [2.45, 2.75) is 51.0 Å². The van der Waals surface area contributed by atoms with Crippen molar-refractivity contribution in [3.05, 3.63) is 41.0 Å². The zero-order valence-corrected chi connectivity index (χ0v) is 12.7. The number of anilines is 1. The summed E-state index contributed by atoms with van der Waals surface area (Å²) in [5.41, 5.74) is 9.97. The van der Waals surface area contributed by atoms with Crippen molar-refractivity contribution < 1.29 is 9.59 Å². The van der Waals surface area contributed by atoms with Crippen molar-refractivity contribution in [2.24, 2.45) is 0 Å². The molecule has 0 heterocycles. The number of benzene rings is 1. The Morgan fingerprint density at radius 1 is 1.14 bits per heavy atom. The van der Waals surface area contributed by atoms with E-state index in [4.69, 9.17) is 5.73 Å². The summed E-state index contributed by atoms with van der Waals surface area (Å²) in [6.07, 6.45) is 6.32. The van der Waals surface area contributed by atoms with E-state index in [0.717, 1.165) is 12.8 Å². The summed E-state index contributed by atoms with van der Waals surface area (Å²) in [5.74, 6) is -0.0618. The molecular weight excluding hydrogens is 276 g/mol. The van der Waals surface area contributed by atoms with Gasteiger partial charge in [-0.25, -0.2) is 0 Å². The average Bonchev–Trinajstić information content (AvgIpc) is 2.40. The van der Waals surface area contributed by atoms with Crippen LogP contribution in [0.1, 0.15) is 55.3 Å². The smallest absolute Gasteiger partial charge is 0.220 e. The number of amides is 1. The minimum atomic E-state index is -0.0339. The molecule has 2 saturated carbocycles. The molecule has 1 amide bonds. The summed E-state index contributed by atoms with van der Waals surface area (Å²) in [4.78, 5) is 23.9. The lowest BCUT2D eigenvalue weighted by molar-refractivity contribution is -0.122. The molecular formula is C18H22N2O2. The first-order valence-electron chi connectivity index (χ1n) is 7.99. The van der Waals surface area contributed by atoms with Crippen molar-refractivity contribution in [2.75, 3.05) is 5.73 Å². The van der Waals surface area contributed by atoms with E-state index in [1.807, 2.05) is 0 Å². The Morgan fingerprint density at radius 2 is 1.91 bits per heavy atom. The van der Waals surface area contributed by atoms with Crippen molar-refractivity contribution in [3.8, 4) is 0 Å². The number of nitrogens with two attached hydrogens (primary N) is 1. The second kappa shape index (κ2) is 6.34. The molecule has 0 unspecified atom stereocenters. The van der Waals surface area contributed by atoms with Gasteiger partial charge in [0.15, 0.2) is 5.78 Å². The lowest BCUT2D eigenvalue weighted by Gasteiger charge is -2.35. The minimum absolute atomic E-state index is 0.0279.